The van der Waals surface area contributed by atoms with E-state index in [2.05, 4.69) is 0 Å². The van der Waals surface area contributed by atoms with Crippen LogP contribution in [-0.4, -0.2) is 28.5 Å². The quantitative estimate of drug-likeness (QED) is 0.788. The lowest BCUT2D eigenvalue weighted by molar-refractivity contribution is -0.131. The van der Waals surface area contributed by atoms with E-state index in [1.54, 1.807) is 4.57 Å². The van der Waals surface area contributed by atoms with Crippen molar-refractivity contribution in [2.75, 3.05) is 13.1 Å². The van der Waals surface area contributed by atoms with Gasteiger partial charge in [-0.1, -0.05) is 30.6 Å². The first-order chi connectivity index (χ1) is 10.3. The Balaban J connectivity index is 1.76. The molecule has 21 heavy (non-hydrogen) atoms. The van der Waals surface area contributed by atoms with Crippen molar-refractivity contribution in [1.82, 2.24) is 9.47 Å². The lowest BCUT2D eigenvalue weighted by Crippen LogP contribution is -2.36. The van der Waals surface area contributed by atoms with Crippen LogP contribution in [0.5, 0.6) is 0 Å². The van der Waals surface area contributed by atoms with Crippen LogP contribution >= 0.6 is 11.3 Å². The number of carbonyl (C=O) groups excluding carboxylic acids is 1. The highest BCUT2D eigenvalue weighted by Crippen LogP contribution is 2.23. The standard InChI is InChI=1S/C16H24N2O2S/c19-15(17-10-6-1-2-7-11-17)12-18-13-8-4-3-5-9-14(13)21-16(18)20/h1-12H2. The van der Waals surface area contributed by atoms with Gasteiger partial charge in [-0.3, -0.25) is 14.2 Å². The minimum Gasteiger partial charge on any atom is -0.341 e. The highest BCUT2D eigenvalue weighted by molar-refractivity contribution is 7.09. The SMILES string of the molecule is O=C(Cn1c2c(sc1=O)CCCCC2)N1CCCCCC1. The van der Waals surface area contributed by atoms with E-state index in [1.165, 1.54) is 41.9 Å². The molecule has 1 aliphatic carbocycles. The molecule has 116 valence electrons. The number of hydrogen-bond donors (Lipinski definition) is 0. The second-order valence-electron chi connectivity index (χ2n) is 6.18. The molecule has 2 aliphatic rings. The summed E-state index contributed by atoms with van der Waals surface area (Å²) >= 11 is 1.36. The molecule has 0 radical (unpaired) electrons. The first kappa shape index (κ1) is 14.8. The van der Waals surface area contributed by atoms with Crippen LogP contribution in [0.15, 0.2) is 4.79 Å². The predicted octanol–water partition coefficient (Wildman–Crippen LogP) is 2.58. The normalized spacial score (nSPS) is 19.7. The van der Waals surface area contributed by atoms with E-state index in [9.17, 15) is 9.59 Å². The van der Waals surface area contributed by atoms with Crippen molar-refractivity contribution >= 4 is 17.2 Å². The van der Waals surface area contributed by atoms with Gasteiger partial charge in [-0.25, -0.2) is 0 Å². The topological polar surface area (TPSA) is 42.3 Å². The van der Waals surface area contributed by atoms with Crippen LogP contribution < -0.4 is 4.87 Å². The Labute approximate surface area is 129 Å². The molecule has 1 saturated heterocycles. The van der Waals surface area contributed by atoms with Crippen LogP contribution in [-0.2, 0) is 24.2 Å². The molecule has 1 aliphatic heterocycles. The third-order valence-corrected chi connectivity index (χ3v) is 5.73. The van der Waals surface area contributed by atoms with E-state index in [0.29, 0.717) is 0 Å². The second kappa shape index (κ2) is 6.77. The number of thiazole rings is 1. The summed E-state index contributed by atoms with van der Waals surface area (Å²) in [6, 6.07) is 0. The van der Waals surface area contributed by atoms with Gasteiger partial charge in [0.15, 0.2) is 0 Å². The number of fused-ring (bicyclic) bond motifs is 1. The van der Waals surface area contributed by atoms with E-state index < -0.39 is 0 Å². The maximum absolute atomic E-state index is 12.5. The van der Waals surface area contributed by atoms with Crippen molar-refractivity contribution in [1.29, 1.82) is 0 Å². The highest BCUT2D eigenvalue weighted by Gasteiger charge is 2.21. The van der Waals surface area contributed by atoms with Gasteiger partial charge in [-0.2, -0.15) is 0 Å². The molecule has 1 aromatic rings. The van der Waals surface area contributed by atoms with Crippen LogP contribution in [0.25, 0.3) is 0 Å². The molecule has 0 spiro atoms. The molecule has 0 aromatic carbocycles. The van der Waals surface area contributed by atoms with Crippen LogP contribution in [0.3, 0.4) is 0 Å². The zero-order valence-corrected chi connectivity index (χ0v) is 13.4. The average molecular weight is 308 g/mol. The largest absolute Gasteiger partial charge is 0.341 e. The summed E-state index contributed by atoms with van der Waals surface area (Å²) in [4.78, 5) is 28.0. The fourth-order valence-corrected chi connectivity index (χ4v) is 4.49. The molecule has 0 atom stereocenters. The van der Waals surface area contributed by atoms with Crippen molar-refractivity contribution in [3.05, 3.63) is 20.2 Å². The van der Waals surface area contributed by atoms with Crippen LogP contribution in [0.1, 0.15) is 55.5 Å². The minimum atomic E-state index is 0.0603. The molecule has 0 saturated carbocycles. The van der Waals surface area contributed by atoms with Gasteiger partial charge < -0.3 is 4.90 Å². The van der Waals surface area contributed by atoms with Gasteiger partial charge in [-0.15, -0.1) is 0 Å². The van der Waals surface area contributed by atoms with E-state index >= 15 is 0 Å². The number of aromatic nitrogens is 1. The Morgan fingerprint density at radius 2 is 1.62 bits per heavy atom. The lowest BCUT2D eigenvalue weighted by atomic mass is 10.2. The molecule has 0 unspecified atom stereocenters. The van der Waals surface area contributed by atoms with Crippen LogP contribution in [0, 0.1) is 0 Å². The summed E-state index contributed by atoms with van der Waals surface area (Å²) in [7, 11) is 0. The second-order valence-corrected chi connectivity index (χ2v) is 7.23. The van der Waals surface area contributed by atoms with Gasteiger partial charge >= 0.3 is 4.87 Å². The Hall–Kier alpha value is -1.10. The van der Waals surface area contributed by atoms with Gasteiger partial charge in [0.05, 0.1) is 0 Å². The first-order valence-electron chi connectivity index (χ1n) is 8.25. The molecule has 1 amide bonds. The summed E-state index contributed by atoms with van der Waals surface area (Å²) in [6.45, 7) is 1.98. The number of hydrogen-bond acceptors (Lipinski definition) is 3. The predicted molar refractivity (Wildman–Crippen MR) is 84.9 cm³/mol. The molecule has 3 rings (SSSR count). The third-order valence-electron chi connectivity index (χ3n) is 4.65. The maximum Gasteiger partial charge on any atom is 0.308 e. The van der Waals surface area contributed by atoms with E-state index in [-0.39, 0.29) is 17.3 Å². The molecule has 5 heteroatoms. The summed E-state index contributed by atoms with van der Waals surface area (Å²) in [5.74, 6) is 0.129. The maximum atomic E-state index is 12.5. The third kappa shape index (κ3) is 3.39. The zero-order chi connectivity index (χ0) is 14.7. The van der Waals surface area contributed by atoms with Gasteiger partial charge in [0.25, 0.3) is 0 Å². The Bertz CT molecular complexity index is 553. The summed E-state index contributed by atoms with van der Waals surface area (Å²) < 4.78 is 1.76. The number of aryl methyl sites for hydroxylation is 1. The van der Waals surface area contributed by atoms with Crippen molar-refractivity contribution in [2.45, 2.75) is 64.3 Å². The fourth-order valence-electron chi connectivity index (χ4n) is 3.42. The molecule has 0 bridgehead atoms. The van der Waals surface area contributed by atoms with E-state index in [4.69, 9.17) is 0 Å². The Morgan fingerprint density at radius 3 is 2.38 bits per heavy atom. The number of nitrogens with zero attached hydrogens (tertiary/aromatic N) is 2. The van der Waals surface area contributed by atoms with Crippen LogP contribution in [0.2, 0.25) is 0 Å². The molecule has 1 aromatic heterocycles. The smallest absolute Gasteiger partial charge is 0.308 e. The van der Waals surface area contributed by atoms with Crippen molar-refractivity contribution < 1.29 is 4.79 Å². The summed E-state index contributed by atoms with van der Waals surface area (Å²) in [6.07, 6.45) is 10.2. The molecule has 4 nitrogen and oxygen atoms in total. The van der Waals surface area contributed by atoms with Gasteiger partial charge in [0.1, 0.15) is 6.54 Å². The molecular formula is C16H24N2O2S. The minimum absolute atomic E-state index is 0.0603. The summed E-state index contributed by atoms with van der Waals surface area (Å²) in [5.41, 5.74) is 1.14. The van der Waals surface area contributed by atoms with Gasteiger partial charge in [-0.05, 0) is 38.5 Å². The van der Waals surface area contributed by atoms with Gasteiger partial charge in [0, 0.05) is 23.7 Å². The summed E-state index contributed by atoms with van der Waals surface area (Å²) in [5, 5.41) is 0. The molecule has 2 heterocycles. The van der Waals surface area contributed by atoms with Crippen LogP contribution in [0.4, 0.5) is 0 Å². The number of carbonyl (C=O) groups is 1. The fraction of sp³-hybridized carbons (Fsp3) is 0.750. The zero-order valence-electron chi connectivity index (χ0n) is 12.6. The van der Waals surface area contributed by atoms with E-state index in [0.717, 1.165) is 50.9 Å². The first-order valence-corrected chi connectivity index (χ1v) is 9.06. The molecular weight excluding hydrogens is 284 g/mol. The Kier molecular flexibility index (Phi) is 4.78. The lowest BCUT2D eigenvalue weighted by Gasteiger charge is -2.21. The van der Waals surface area contributed by atoms with Gasteiger partial charge in [0.2, 0.25) is 5.91 Å². The molecule has 0 N–H and O–H groups in total. The Morgan fingerprint density at radius 1 is 0.952 bits per heavy atom. The number of amides is 1. The number of rotatable bonds is 2. The van der Waals surface area contributed by atoms with Crippen molar-refractivity contribution in [3.63, 3.8) is 0 Å². The van der Waals surface area contributed by atoms with E-state index in [1.807, 2.05) is 4.90 Å². The number of likely N-dealkylation sites (tertiary alicyclic amines) is 1. The monoisotopic (exact) mass is 308 g/mol. The highest BCUT2D eigenvalue weighted by atomic mass is 32.1. The molecule has 1 fully saturated rings. The van der Waals surface area contributed by atoms with Crippen molar-refractivity contribution in [2.24, 2.45) is 0 Å². The van der Waals surface area contributed by atoms with Crippen molar-refractivity contribution in [3.8, 4) is 0 Å². The average Bonchev–Trinajstić information content (AvgIpc) is 2.76.